The van der Waals surface area contributed by atoms with E-state index in [2.05, 4.69) is 0 Å². The van der Waals surface area contributed by atoms with Crippen molar-refractivity contribution in [3.63, 3.8) is 0 Å². The first kappa shape index (κ1) is 14.4. The van der Waals surface area contributed by atoms with Crippen molar-refractivity contribution in [2.75, 3.05) is 18.0 Å². The van der Waals surface area contributed by atoms with Gasteiger partial charge in [0, 0.05) is 19.2 Å². The molecule has 0 spiro atoms. The number of benzene rings is 1. The number of hydrogen-bond donors (Lipinski definition) is 0. The molecule has 0 unspecified atom stereocenters. The lowest BCUT2D eigenvalue weighted by atomic mass is 10.2. The molecule has 0 N–H and O–H groups in total. The lowest BCUT2D eigenvalue weighted by molar-refractivity contribution is -0.393. The number of nitro benzene ring substituents is 2. The predicted octanol–water partition coefficient (Wildman–Crippen LogP) is 2.24. The second-order valence-electron chi connectivity index (χ2n) is 3.68. The van der Waals surface area contributed by atoms with E-state index in [1.54, 1.807) is 11.8 Å². The van der Waals surface area contributed by atoms with Crippen LogP contribution in [-0.4, -0.2) is 22.9 Å². The van der Waals surface area contributed by atoms with Gasteiger partial charge in [-0.25, -0.2) is 0 Å². The van der Waals surface area contributed by atoms with Crippen LogP contribution in [0.1, 0.15) is 13.3 Å². The summed E-state index contributed by atoms with van der Waals surface area (Å²) in [6.07, 6.45) is 0.224. The first-order valence-electron chi connectivity index (χ1n) is 5.56. The highest BCUT2D eigenvalue weighted by atomic mass is 16.6. The molecule has 1 aromatic carbocycles. The molecule has 0 saturated heterocycles. The fraction of sp³-hybridized carbons (Fsp3) is 0.364. The number of nitrogens with zero attached hydrogens (tertiary/aromatic N) is 4. The van der Waals surface area contributed by atoms with Crippen LogP contribution >= 0.6 is 0 Å². The molecule has 8 nitrogen and oxygen atoms in total. The van der Waals surface area contributed by atoms with Crippen molar-refractivity contribution in [2.24, 2.45) is 0 Å². The van der Waals surface area contributed by atoms with Gasteiger partial charge in [-0.15, -0.1) is 0 Å². The minimum Gasteiger partial charge on any atom is -0.365 e. The maximum absolute atomic E-state index is 11.0. The summed E-state index contributed by atoms with van der Waals surface area (Å²) in [4.78, 5) is 21.9. The van der Waals surface area contributed by atoms with Crippen LogP contribution in [-0.2, 0) is 0 Å². The third kappa shape index (κ3) is 3.38. The number of nitro groups is 2. The topological polar surface area (TPSA) is 113 Å². The van der Waals surface area contributed by atoms with E-state index in [-0.39, 0.29) is 23.5 Å². The monoisotopic (exact) mass is 264 g/mol. The zero-order valence-corrected chi connectivity index (χ0v) is 10.3. The number of non-ortho nitro benzene ring substituents is 1. The average Bonchev–Trinajstić information content (AvgIpc) is 2.39. The van der Waals surface area contributed by atoms with E-state index in [0.29, 0.717) is 13.1 Å². The molecule has 0 aliphatic heterocycles. The Bertz CT molecular complexity index is 538. The molecule has 0 aliphatic rings. The Hall–Kier alpha value is -2.69. The van der Waals surface area contributed by atoms with Gasteiger partial charge in [0.05, 0.1) is 28.4 Å². The third-order valence-electron chi connectivity index (χ3n) is 2.58. The summed E-state index contributed by atoms with van der Waals surface area (Å²) in [7, 11) is 0. The Labute approximate surface area is 109 Å². The van der Waals surface area contributed by atoms with Crippen molar-refractivity contribution in [1.29, 1.82) is 5.26 Å². The minimum absolute atomic E-state index is 0.224. The molecular weight excluding hydrogens is 252 g/mol. The molecule has 100 valence electrons. The Morgan fingerprint density at radius 2 is 2.00 bits per heavy atom. The second kappa shape index (κ2) is 6.30. The average molecular weight is 264 g/mol. The Kier molecular flexibility index (Phi) is 4.76. The van der Waals surface area contributed by atoms with Crippen molar-refractivity contribution >= 4 is 17.1 Å². The van der Waals surface area contributed by atoms with E-state index in [4.69, 9.17) is 5.26 Å². The molecule has 0 aromatic heterocycles. The molecule has 0 saturated carbocycles. The van der Waals surface area contributed by atoms with Crippen LogP contribution in [0.3, 0.4) is 0 Å². The molecule has 0 aliphatic carbocycles. The largest absolute Gasteiger partial charge is 0.365 e. The highest BCUT2D eigenvalue weighted by molar-refractivity contribution is 5.66. The van der Waals surface area contributed by atoms with Crippen LogP contribution < -0.4 is 4.90 Å². The summed E-state index contributed by atoms with van der Waals surface area (Å²) in [5.41, 5.74) is -0.367. The lowest BCUT2D eigenvalue weighted by Gasteiger charge is -2.21. The van der Waals surface area contributed by atoms with Crippen LogP contribution in [0.15, 0.2) is 18.2 Å². The van der Waals surface area contributed by atoms with Gasteiger partial charge in [0.2, 0.25) is 0 Å². The molecule has 0 bridgehead atoms. The van der Waals surface area contributed by atoms with E-state index in [9.17, 15) is 20.2 Å². The first-order chi connectivity index (χ1) is 9.01. The third-order valence-corrected chi connectivity index (χ3v) is 2.58. The van der Waals surface area contributed by atoms with Crippen molar-refractivity contribution in [3.05, 3.63) is 38.4 Å². The zero-order valence-electron chi connectivity index (χ0n) is 10.3. The van der Waals surface area contributed by atoms with Gasteiger partial charge in [-0.05, 0) is 13.0 Å². The molecule has 1 aromatic rings. The van der Waals surface area contributed by atoms with E-state index in [0.717, 1.165) is 6.07 Å². The van der Waals surface area contributed by atoms with Gasteiger partial charge in [-0.1, -0.05) is 0 Å². The predicted molar refractivity (Wildman–Crippen MR) is 67.9 cm³/mol. The van der Waals surface area contributed by atoms with Crippen molar-refractivity contribution < 1.29 is 9.85 Å². The number of rotatable bonds is 6. The summed E-state index contributed by atoms with van der Waals surface area (Å²) in [6, 6.07) is 5.46. The highest BCUT2D eigenvalue weighted by Crippen LogP contribution is 2.31. The van der Waals surface area contributed by atoms with Crippen LogP contribution in [0.5, 0.6) is 0 Å². The highest BCUT2D eigenvalue weighted by Gasteiger charge is 2.22. The summed E-state index contributed by atoms with van der Waals surface area (Å²) >= 11 is 0. The van der Waals surface area contributed by atoms with Crippen molar-refractivity contribution in [2.45, 2.75) is 13.3 Å². The van der Waals surface area contributed by atoms with Gasteiger partial charge >= 0.3 is 0 Å². The van der Waals surface area contributed by atoms with Gasteiger partial charge in [-0.3, -0.25) is 20.2 Å². The molecule has 0 amide bonds. The van der Waals surface area contributed by atoms with Crippen molar-refractivity contribution in [1.82, 2.24) is 0 Å². The second-order valence-corrected chi connectivity index (χ2v) is 3.68. The number of anilines is 1. The SMILES string of the molecule is CCN(CCC#N)c1ccc([N+](=O)[O-])cc1[N+](=O)[O-]. The fourth-order valence-corrected chi connectivity index (χ4v) is 1.67. The first-order valence-corrected chi connectivity index (χ1v) is 5.56. The zero-order chi connectivity index (χ0) is 14.4. The van der Waals surface area contributed by atoms with E-state index < -0.39 is 9.85 Å². The Morgan fingerprint density at radius 3 is 2.47 bits per heavy atom. The molecule has 19 heavy (non-hydrogen) atoms. The maximum atomic E-state index is 11.0. The van der Waals surface area contributed by atoms with Gasteiger partial charge in [0.25, 0.3) is 11.4 Å². The standard InChI is InChI=1S/C11H12N4O4/c1-2-13(7-3-6-12)10-5-4-9(14(16)17)8-11(10)15(18)19/h4-5,8H,2-3,7H2,1H3. The van der Waals surface area contributed by atoms with E-state index in [1.165, 1.54) is 12.1 Å². The van der Waals surface area contributed by atoms with Gasteiger partial charge in [0.15, 0.2) is 0 Å². The van der Waals surface area contributed by atoms with Gasteiger partial charge < -0.3 is 4.90 Å². The normalized spacial score (nSPS) is 9.68. The molecule has 0 radical (unpaired) electrons. The molecule has 0 fully saturated rings. The Balaban J connectivity index is 3.22. The summed E-state index contributed by atoms with van der Waals surface area (Å²) in [5, 5.41) is 30.2. The van der Waals surface area contributed by atoms with E-state index >= 15 is 0 Å². The van der Waals surface area contributed by atoms with Crippen LogP contribution in [0, 0.1) is 31.6 Å². The lowest BCUT2D eigenvalue weighted by Crippen LogP contribution is -2.24. The quantitative estimate of drug-likeness (QED) is 0.575. The minimum atomic E-state index is -0.678. The fourth-order valence-electron chi connectivity index (χ4n) is 1.67. The summed E-state index contributed by atoms with van der Waals surface area (Å²) in [6.45, 7) is 2.61. The van der Waals surface area contributed by atoms with Crippen LogP contribution in [0.2, 0.25) is 0 Å². The van der Waals surface area contributed by atoms with Gasteiger partial charge in [0.1, 0.15) is 5.69 Å². The molecule has 8 heteroatoms. The Morgan fingerprint density at radius 1 is 1.32 bits per heavy atom. The summed E-state index contributed by atoms with van der Waals surface area (Å²) in [5.74, 6) is 0. The van der Waals surface area contributed by atoms with Gasteiger partial charge in [-0.2, -0.15) is 5.26 Å². The number of nitriles is 1. The summed E-state index contributed by atoms with van der Waals surface area (Å²) < 4.78 is 0. The molecule has 0 atom stereocenters. The van der Waals surface area contributed by atoms with E-state index in [1.807, 2.05) is 6.07 Å². The van der Waals surface area contributed by atoms with Crippen LogP contribution in [0.25, 0.3) is 0 Å². The molecular formula is C11H12N4O4. The molecule has 1 rings (SSSR count). The van der Waals surface area contributed by atoms with Crippen LogP contribution in [0.4, 0.5) is 17.1 Å². The smallest absolute Gasteiger partial charge is 0.299 e. The number of hydrogen-bond acceptors (Lipinski definition) is 6. The molecule has 0 heterocycles. The van der Waals surface area contributed by atoms with Crippen molar-refractivity contribution in [3.8, 4) is 6.07 Å². The maximum Gasteiger partial charge on any atom is 0.299 e.